The minimum absolute atomic E-state index is 0.0798. The number of carboxylic acids is 1. The lowest BCUT2D eigenvalue weighted by molar-refractivity contribution is -0.138. The summed E-state index contributed by atoms with van der Waals surface area (Å²) < 4.78 is 0. The van der Waals surface area contributed by atoms with Gasteiger partial charge >= 0.3 is 12.0 Å². The molecule has 2 aliphatic carbocycles. The van der Waals surface area contributed by atoms with Crippen LogP contribution in [-0.2, 0) is 4.79 Å². The van der Waals surface area contributed by atoms with Crippen LogP contribution in [0.25, 0.3) is 0 Å². The highest BCUT2D eigenvalue weighted by molar-refractivity contribution is 5.75. The molecule has 0 unspecified atom stereocenters. The lowest BCUT2D eigenvalue weighted by Gasteiger charge is -2.30. The van der Waals surface area contributed by atoms with Gasteiger partial charge in [0, 0.05) is 38.8 Å². The maximum Gasteiger partial charge on any atom is 0.320 e. The number of urea groups is 1. The first-order valence-corrected chi connectivity index (χ1v) is 8.13. The number of rotatable bonds is 5. The molecule has 3 fully saturated rings. The SMILES string of the molecule is O=C(O)CN1CCCN(C(=O)N(CC2CC2)C2CC2)CC1. The van der Waals surface area contributed by atoms with Crippen molar-refractivity contribution < 1.29 is 14.7 Å². The molecule has 1 N–H and O–H groups in total. The molecular formula is C15H25N3O3. The second-order valence-electron chi connectivity index (χ2n) is 6.62. The second-order valence-corrected chi connectivity index (χ2v) is 6.62. The van der Waals surface area contributed by atoms with Gasteiger partial charge in [-0.15, -0.1) is 0 Å². The van der Waals surface area contributed by atoms with Crippen LogP contribution in [-0.4, -0.2) is 77.1 Å². The van der Waals surface area contributed by atoms with E-state index in [2.05, 4.69) is 4.90 Å². The standard InChI is InChI=1S/C15H25N3O3/c19-14(20)11-16-6-1-7-17(9-8-16)15(21)18(13-4-5-13)10-12-2-3-12/h12-13H,1-11H2,(H,19,20). The van der Waals surface area contributed by atoms with E-state index in [4.69, 9.17) is 5.11 Å². The molecule has 1 heterocycles. The van der Waals surface area contributed by atoms with Crippen molar-refractivity contribution in [3.8, 4) is 0 Å². The van der Waals surface area contributed by atoms with Crippen LogP contribution >= 0.6 is 0 Å². The number of hydrogen-bond donors (Lipinski definition) is 1. The number of aliphatic carboxylic acids is 1. The van der Waals surface area contributed by atoms with Gasteiger partial charge in [-0.3, -0.25) is 9.69 Å². The largest absolute Gasteiger partial charge is 0.480 e. The highest BCUT2D eigenvalue weighted by atomic mass is 16.4. The summed E-state index contributed by atoms with van der Waals surface area (Å²) in [5, 5.41) is 8.88. The molecule has 6 nitrogen and oxygen atoms in total. The van der Waals surface area contributed by atoms with Crippen LogP contribution in [0.3, 0.4) is 0 Å². The first-order chi connectivity index (χ1) is 10.1. The van der Waals surface area contributed by atoms with Crippen LogP contribution in [0, 0.1) is 5.92 Å². The number of carbonyl (C=O) groups is 2. The molecule has 0 aromatic rings. The van der Waals surface area contributed by atoms with Gasteiger partial charge in [-0.05, 0) is 38.0 Å². The van der Waals surface area contributed by atoms with Crippen LogP contribution in [0.15, 0.2) is 0 Å². The zero-order chi connectivity index (χ0) is 14.8. The summed E-state index contributed by atoms with van der Waals surface area (Å²) in [7, 11) is 0. The minimum atomic E-state index is -0.789. The fraction of sp³-hybridized carbons (Fsp3) is 0.867. The summed E-state index contributed by atoms with van der Waals surface area (Å²) in [6, 6.07) is 0.651. The number of carboxylic acid groups (broad SMARTS) is 1. The Morgan fingerprint density at radius 3 is 2.43 bits per heavy atom. The first kappa shape index (κ1) is 14.6. The number of amides is 2. The fourth-order valence-electron chi connectivity index (χ4n) is 3.04. The van der Waals surface area contributed by atoms with E-state index >= 15 is 0 Å². The Bertz CT molecular complexity index is 407. The quantitative estimate of drug-likeness (QED) is 0.824. The molecule has 0 atom stereocenters. The van der Waals surface area contributed by atoms with E-state index in [0.717, 1.165) is 44.8 Å². The number of nitrogens with zero attached hydrogens (tertiary/aromatic N) is 3. The molecule has 0 radical (unpaired) electrons. The molecule has 0 aromatic heterocycles. The van der Waals surface area contributed by atoms with Gasteiger partial charge < -0.3 is 14.9 Å². The monoisotopic (exact) mass is 295 g/mol. The minimum Gasteiger partial charge on any atom is -0.480 e. The van der Waals surface area contributed by atoms with Crippen LogP contribution in [0.2, 0.25) is 0 Å². The van der Waals surface area contributed by atoms with E-state index in [-0.39, 0.29) is 12.6 Å². The van der Waals surface area contributed by atoms with Crippen molar-refractivity contribution in [2.24, 2.45) is 5.92 Å². The van der Waals surface area contributed by atoms with E-state index in [1.807, 2.05) is 9.80 Å². The van der Waals surface area contributed by atoms with Crippen LogP contribution in [0.4, 0.5) is 4.79 Å². The molecular weight excluding hydrogens is 270 g/mol. The third-order valence-corrected chi connectivity index (χ3v) is 4.60. The normalized spacial score (nSPS) is 23.7. The van der Waals surface area contributed by atoms with Crippen molar-refractivity contribution >= 4 is 12.0 Å². The molecule has 0 bridgehead atoms. The van der Waals surface area contributed by atoms with Crippen molar-refractivity contribution in [1.29, 1.82) is 0 Å². The van der Waals surface area contributed by atoms with Crippen molar-refractivity contribution in [1.82, 2.24) is 14.7 Å². The predicted octanol–water partition coefficient (Wildman–Crippen LogP) is 1.07. The third-order valence-electron chi connectivity index (χ3n) is 4.60. The van der Waals surface area contributed by atoms with Gasteiger partial charge in [0.05, 0.1) is 6.54 Å². The number of carbonyl (C=O) groups excluding carboxylic acids is 1. The van der Waals surface area contributed by atoms with E-state index < -0.39 is 5.97 Å². The summed E-state index contributed by atoms with van der Waals surface area (Å²) in [6.45, 7) is 3.85. The van der Waals surface area contributed by atoms with Crippen LogP contribution < -0.4 is 0 Å². The first-order valence-electron chi connectivity index (χ1n) is 8.13. The Labute approximate surface area is 125 Å². The molecule has 3 aliphatic rings. The molecule has 1 saturated heterocycles. The molecule has 21 heavy (non-hydrogen) atoms. The van der Waals surface area contributed by atoms with Gasteiger partial charge in [0.25, 0.3) is 0 Å². The van der Waals surface area contributed by atoms with Gasteiger partial charge in [0.2, 0.25) is 0 Å². The maximum absolute atomic E-state index is 12.7. The maximum atomic E-state index is 12.7. The lowest BCUT2D eigenvalue weighted by atomic mass is 10.3. The van der Waals surface area contributed by atoms with E-state index in [1.54, 1.807) is 0 Å². The van der Waals surface area contributed by atoms with Crippen molar-refractivity contribution in [3.63, 3.8) is 0 Å². The average Bonchev–Trinajstić information content (AvgIpc) is 3.29. The summed E-state index contributed by atoms with van der Waals surface area (Å²) in [6.07, 6.45) is 5.70. The summed E-state index contributed by atoms with van der Waals surface area (Å²) in [5.41, 5.74) is 0. The molecule has 118 valence electrons. The molecule has 6 heteroatoms. The molecule has 0 spiro atoms. The Hall–Kier alpha value is -1.30. The van der Waals surface area contributed by atoms with Gasteiger partial charge in [-0.2, -0.15) is 0 Å². The molecule has 2 amide bonds. The van der Waals surface area contributed by atoms with Gasteiger partial charge in [-0.25, -0.2) is 4.79 Å². The molecule has 1 aliphatic heterocycles. The lowest BCUT2D eigenvalue weighted by Crippen LogP contribution is -2.46. The van der Waals surface area contributed by atoms with Crippen molar-refractivity contribution in [3.05, 3.63) is 0 Å². The van der Waals surface area contributed by atoms with Crippen LogP contribution in [0.5, 0.6) is 0 Å². The van der Waals surface area contributed by atoms with Gasteiger partial charge in [-0.1, -0.05) is 0 Å². The van der Waals surface area contributed by atoms with Crippen LogP contribution in [0.1, 0.15) is 32.1 Å². The average molecular weight is 295 g/mol. The summed E-state index contributed by atoms with van der Waals surface area (Å²) in [4.78, 5) is 29.5. The molecule has 0 aromatic carbocycles. The summed E-state index contributed by atoms with van der Waals surface area (Å²) >= 11 is 0. The second kappa shape index (κ2) is 6.22. The Kier molecular flexibility index (Phi) is 4.33. The fourth-order valence-corrected chi connectivity index (χ4v) is 3.04. The van der Waals surface area contributed by atoms with E-state index in [9.17, 15) is 9.59 Å². The Morgan fingerprint density at radius 1 is 1.05 bits per heavy atom. The number of hydrogen-bond acceptors (Lipinski definition) is 3. The zero-order valence-electron chi connectivity index (χ0n) is 12.5. The van der Waals surface area contributed by atoms with Crippen molar-refractivity contribution in [2.45, 2.75) is 38.1 Å². The van der Waals surface area contributed by atoms with Gasteiger partial charge in [0.15, 0.2) is 0 Å². The Balaban J connectivity index is 1.54. The Morgan fingerprint density at radius 2 is 1.81 bits per heavy atom. The van der Waals surface area contributed by atoms with Gasteiger partial charge in [0.1, 0.15) is 0 Å². The highest BCUT2D eigenvalue weighted by Crippen LogP contribution is 2.35. The highest BCUT2D eigenvalue weighted by Gasteiger charge is 2.38. The van der Waals surface area contributed by atoms with E-state index in [0.29, 0.717) is 19.1 Å². The third kappa shape index (κ3) is 4.09. The zero-order valence-corrected chi connectivity index (χ0v) is 12.5. The van der Waals surface area contributed by atoms with E-state index in [1.165, 1.54) is 12.8 Å². The smallest absolute Gasteiger partial charge is 0.320 e. The molecule has 2 saturated carbocycles. The summed E-state index contributed by atoms with van der Waals surface area (Å²) in [5.74, 6) is -0.0619. The predicted molar refractivity (Wildman–Crippen MR) is 78.1 cm³/mol. The molecule has 3 rings (SSSR count). The topological polar surface area (TPSA) is 64.1 Å². The van der Waals surface area contributed by atoms with Crippen molar-refractivity contribution in [2.75, 3.05) is 39.3 Å².